The van der Waals surface area contributed by atoms with Gasteiger partial charge in [-0.05, 0) is 71.0 Å². The highest BCUT2D eigenvalue weighted by atomic mass is 15.3. The summed E-state index contributed by atoms with van der Waals surface area (Å²) in [6.07, 6.45) is 5.24. The minimum absolute atomic E-state index is 0.504. The Labute approximate surface area is 155 Å². The first kappa shape index (κ1) is 20.5. The van der Waals surface area contributed by atoms with Gasteiger partial charge in [0.2, 0.25) is 0 Å². The van der Waals surface area contributed by atoms with Gasteiger partial charge in [0.25, 0.3) is 0 Å². The molecule has 5 heteroatoms. The van der Waals surface area contributed by atoms with Crippen LogP contribution >= 0.6 is 0 Å². The van der Waals surface area contributed by atoms with Gasteiger partial charge in [-0.3, -0.25) is 9.89 Å². The predicted molar refractivity (Wildman–Crippen MR) is 108 cm³/mol. The first-order valence-electron chi connectivity index (χ1n) is 10.4. The van der Waals surface area contributed by atoms with E-state index in [1.165, 1.54) is 51.9 Å². The van der Waals surface area contributed by atoms with E-state index in [2.05, 4.69) is 53.1 Å². The summed E-state index contributed by atoms with van der Waals surface area (Å²) in [5.41, 5.74) is 0. The molecule has 0 aliphatic carbocycles. The highest BCUT2D eigenvalue weighted by Crippen LogP contribution is 2.18. The molecule has 0 aromatic rings. The summed E-state index contributed by atoms with van der Waals surface area (Å²) in [5.74, 6) is 2.56. The first-order valence-corrected chi connectivity index (χ1v) is 10.4. The lowest BCUT2D eigenvalue weighted by molar-refractivity contribution is 0.189. The maximum Gasteiger partial charge on any atom is 0.191 e. The van der Waals surface area contributed by atoms with Crippen LogP contribution < -0.4 is 10.6 Å². The van der Waals surface area contributed by atoms with Gasteiger partial charge in [-0.2, -0.15) is 0 Å². The van der Waals surface area contributed by atoms with E-state index >= 15 is 0 Å². The number of hydrogen-bond donors (Lipinski definition) is 2. The van der Waals surface area contributed by atoms with Crippen molar-refractivity contribution in [3.63, 3.8) is 0 Å². The van der Waals surface area contributed by atoms with Gasteiger partial charge in [0, 0.05) is 38.8 Å². The van der Waals surface area contributed by atoms with Crippen molar-refractivity contribution in [1.82, 2.24) is 20.4 Å². The summed E-state index contributed by atoms with van der Waals surface area (Å²) >= 11 is 0. The van der Waals surface area contributed by atoms with Gasteiger partial charge < -0.3 is 15.5 Å². The topological polar surface area (TPSA) is 42.9 Å². The summed E-state index contributed by atoms with van der Waals surface area (Å²) in [4.78, 5) is 9.60. The van der Waals surface area contributed by atoms with Crippen molar-refractivity contribution in [1.29, 1.82) is 0 Å². The number of nitrogens with zero attached hydrogens (tertiary/aromatic N) is 3. The summed E-state index contributed by atoms with van der Waals surface area (Å²) in [6, 6.07) is 1.13. The average molecular weight is 352 g/mol. The molecule has 25 heavy (non-hydrogen) atoms. The van der Waals surface area contributed by atoms with Crippen LogP contribution in [0, 0.1) is 11.8 Å². The molecule has 0 aromatic carbocycles. The molecule has 2 unspecified atom stereocenters. The van der Waals surface area contributed by atoms with Crippen LogP contribution in [0.25, 0.3) is 0 Å². The van der Waals surface area contributed by atoms with Gasteiger partial charge in [0.1, 0.15) is 0 Å². The minimum atomic E-state index is 0.504. The largest absolute Gasteiger partial charge is 0.356 e. The van der Waals surface area contributed by atoms with Crippen LogP contribution in [0.1, 0.15) is 53.4 Å². The fourth-order valence-corrected chi connectivity index (χ4v) is 3.94. The van der Waals surface area contributed by atoms with Crippen LogP contribution in [0.15, 0.2) is 4.99 Å². The molecule has 0 radical (unpaired) electrons. The van der Waals surface area contributed by atoms with Gasteiger partial charge in [-0.1, -0.05) is 13.8 Å². The van der Waals surface area contributed by atoms with Crippen LogP contribution in [0.4, 0.5) is 0 Å². The number of aliphatic imine (C=N–C) groups is 1. The quantitative estimate of drug-likeness (QED) is 0.420. The number of rotatable bonds is 7. The second kappa shape index (κ2) is 10.4. The molecule has 2 N–H and O–H groups in total. The molecule has 2 aliphatic rings. The van der Waals surface area contributed by atoms with Gasteiger partial charge in [-0.15, -0.1) is 0 Å². The van der Waals surface area contributed by atoms with Crippen molar-refractivity contribution in [3.05, 3.63) is 0 Å². The van der Waals surface area contributed by atoms with Crippen molar-refractivity contribution in [2.75, 3.05) is 46.3 Å². The number of piperidine rings is 1. The molecular formula is C20H41N5. The Hall–Kier alpha value is -0.810. The monoisotopic (exact) mass is 351 g/mol. The molecule has 2 fully saturated rings. The Balaban J connectivity index is 1.59. The summed E-state index contributed by atoms with van der Waals surface area (Å²) in [6.45, 7) is 16.4. The van der Waals surface area contributed by atoms with Crippen LogP contribution in [0.5, 0.6) is 0 Å². The van der Waals surface area contributed by atoms with E-state index in [1.807, 2.05) is 7.05 Å². The van der Waals surface area contributed by atoms with Crippen LogP contribution in [0.3, 0.4) is 0 Å². The normalized spacial score (nSPS) is 27.2. The Morgan fingerprint density at radius 2 is 1.84 bits per heavy atom. The van der Waals surface area contributed by atoms with Crippen molar-refractivity contribution in [3.8, 4) is 0 Å². The van der Waals surface area contributed by atoms with Crippen LogP contribution in [0.2, 0.25) is 0 Å². The average Bonchev–Trinajstić information content (AvgIpc) is 2.96. The Morgan fingerprint density at radius 3 is 2.44 bits per heavy atom. The zero-order chi connectivity index (χ0) is 18.2. The number of hydrogen-bond acceptors (Lipinski definition) is 3. The van der Waals surface area contributed by atoms with Crippen molar-refractivity contribution < 1.29 is 0 Å². The number of unbranched alkanes of at least 4 members (excludes halogenated alkanes) is 1. The fraction of sp³-hybridized carbons (Fsp3) is 0.950. The van der Waals surface area contributed by atoms with Gasteiger partial charge in [0.05, 0.1) is 0 Å². The zero-order valence-corrected chi connectivity index (χ0v) is 17.2. The smallest absolute Gasteiger partial charge is 0.191 e. The third-order valence-corrected chi connectivity index (χ3v) is 5.99. The molecule has 2 saturated heterocycles. The summed E-state index contributed by atoms with van der Waals surface area (Å²) in [5, 5.41) is 7.14. The van der Waals surface area contributed by atoms with Gasteiger partial charge in [-0.25, -0.2) is 0 Å². The lowest BCUT2D eigenvalue weighted by atomic mass is 9.99. The third kappa shape index (κ3) is 6.78. The highest BCUT2D eigenvalue weighted by Gasteiger charge is 2.31. The highest BCUT2D eigenvalue weighted by molar-refractivity contribution is 5.80. The van der Waals surface area contributed by atoms with E-state index in [1.54, 1.807) is 0 Å². The molecule has 0 bridgehead atoms. The molecule has 2 heterocycles. The second-order valence-electron chi connectivity index (χ2n) is 8.51. The van der Waals surface area contributed by atoms with Crippen molar-refractivity contribution in [2.45, 2.75) is 65.5 Å². The SMILES string of the molecule is CN=C(NCCCCN1CCC(C)CC1)NC1CN(C(C)C)CC1C. The molecule has 2 atom stereocenters. The van der Waals surface area contributed by atoms with Gasteiger partial charge in [0.15, 0.2) is 5.96 Å². The lowest BCUT2D eigenvalue weighted by Gasteiger charge is -2.30. The Bertz CT molecular complexity index is 401. The van der Waals surface area contributed by atoms with Crippen molar-refractivity contribution in [2.24, 2.45) is 16.8 Å². The van der Waals surface area contributed by atoms with Crippen LogP contribution in [-0.4, -0.2) is 74.2 Å². The molecule has 0 spiro atoms. The maximum atomic E-state index is 4.42. The number of guanidine groups is 1. The van der Waals surface area contributed by atoms with E-state index in [9.17, 15) is 0 Å². The molecule has 146 valence electrons. The molecular weight excluding hydrogens is 310 g/mol. The standard InChI is InChI=1S/C20H41N5/c1-16(2)25-14-18(4)19(15-25)23-20(21-5)22-10-6-7-11-24-12-8-17(3)9-13-24/h16-19H,6-15H2,1-5H3,(H2,21,22,23). The molecule has 2 aliphatic heterocycles. The zero-order valence-electron chi connectivity index (χ0n) is 17.2. The maximum absolute atomic E-state index is 4.42. The first-order chi connectivity index (χ1) is 12.0. The minimum Gasteiger partial charge on any atom is -0.356 e. The summed E-state index contributed by atoms with van der Waals surface area (Å²) < 4.78 is 0. The molecule has 0 aromatic heterocycles. The van der Waals surface area contributed by atoms with Crippen LogP contribution in [-0.2, 0) is 0 Å². The molecule has 2 rings (SSSR count). The molecule has 0 saturated carbocycles. The van der Waals surface area contributed by atoms with Gasteiger partial charge >= 0.3 is 0 Å². The Morgan fingerprint density at radius 1 is 1.12 bits per heavy atom. The van der Waals surface area contributed by atoms with E-state index in [4.69, 9.17) is 0 Å². The third-order valence-electron chi connectivity index (χ3n) is 5.99. The second-order valence-corrected chi connectivity index (χ2v) is 8.51. The number of nitrogens with one attached hydrogen (secondary N) is 2. The molecule has 0 amide bonds. The van der Waals surface area contributed by atoms with E-state index in [0.717, 1.165) is 25.0 Å². The number of likely N-dealkylation sites (tertiary alicyclic amines) is 2. The van der Waals surface area contributed by atoms with Crippen molar-refractivity contribution >= 4 is 5.96 Å². The van der Waals surface area contributed by atoms with E-state index in [-0.39, 0.29) is 0 Å². The fourth-order valence-electron chi connectivity index (χ4n) is 3.94. The van der Waals surface area contributed by atoms with E-state index in [0.29, 0.717) is 18.0 Å². The van der Waals surface area contributed by atoms with E-state index < -0.39 is 0 Å². The lowest BCUT2D eigenvalue weighted by Crippen LogP contribution is -2.47. The Kier molecular flexibility index (Phi) is 8.50. The predicted octanol–water partition coefficient (Wildman–Crippen LogP) is 2.39. The molecule has 5 nitrogen and oxygen atoms in total. The summed E-state index contributed by atoms with van der Waals surface area (Å²) in [7, 11) is 1.88.